The summed E-state index contributed by atoms with van der Waals surface area (Å²) in [6.45, 7) is 0. The van der Waals surface area contributed by atoms with Crippen molar-refractivity contribution >= 4 is 23.7 Å². The van der Waals surface area contributed by atoms with E-state index in [4.69, 9.17) is 11.6 Å². The van der Waals surface area contributed by atoms with Crippen LogP contribution in [0, 0.1) is 0 Å². The van der Waals surface area contributed by atoms with E-state index in [1.807, 2.05) is 0 Å². The SMILES string of the molecule is O=C(N/N=C/c1cccc(Cl)c1)c1cc(O)c(O)c(O)c1. The number of nitrogens with zero attached hydrogens (tertiary/aromatic N) is 1. The molecule has 2 rings (SSSR count). The van der Waals surface area contributed by atoms with Crippen LogP contribution in [0.2, 0.25) is 5.02 Å². The number of hydrazone groups is 1. The van der Waals surface area contributed by atoms with Crippen LogP contribution in [0.4, 0.5) is 0 Å². The Labute approximate surface area is 124 Å². The summed E-state index contributed by atoms with van der Waals surface area (Å²) >= 11 is 5.80. The van der Waals surface area contributed by atoms with Crippen molar-refractivity contribution in [3.05, 3.63) is 52.5 Å². The number of phenolic OH excluding ortho intramolecular Hbond substituents is 3. The van der Waals surface area contributed by atoms with Crippen LogP contribution in [-0.2, 0) is 0 Å². The van der Waals surface area contributed by atoms with Gasteiger partial charge in [-0.2, -0.15) is 5.10 Å². The zero-order valence-electron chi connectivity index (χ0n) is 10.6. The van der Waals surface area contributed by atoms with Crippen molar-refractivity contribution in [1.82, 2.24) is 5.43 Å². The van der Waals surface area contributed by atoms with Crippen molar-refractivity contribution in [2.75, 3.05) is 0 Å². The summed E-state index contributed by atoms with van der Waals surface area (Å²) in [7, 11) is 0. The van der Waals surface area contributed by atoms with Crippen molar-refractivity contribution in [1.29, 1.82) is 0 Å². The average Bonchev–Trinajstić information content (AvgIpc) is 2.44. The van der Waals surface area contributed by atoms with Crippen molar-refractivity contribution in [2.24, 2.45) is 5.10 Å². The third-order valence-corrected chi connectivity index (χ3v) is 2.80. The molecular weight excluding hydrogens is 296 g/mol. The first-order chi connectivity index (χ1) is 9.97. The topological polar surface area (TPSA) is 102 Å². The molecule has 2 aromatic rings. The van der Waals surface area contributed by atoms with Gasteiger partial charge in [-0.05, 0) is 29.8 Å². The average molecular weight is 307 g/mol. The fourth-order valence-corrected chi connectivity index (χ4v) is 1.75. The van der Waals surface area contributed by atoms with Crippen LogP contribution in [0.5, 0.6) is 17.2 Å². The Hall–Kier alpha value is -2.73. The Morgan fingerprint density at radius 1 is 1.14 bits per heavy atom. The van der Waals surface area contributed by atoms with E-state index >= 15 is 0 Å². The molecule has 6 nitrogen and oxygen atoms in total. The maximum absolute atomic E-state index is 11.8. The zero-order valence-corrected chi connectivity index (χ0v) is 11.4. The Morgan fingerprint density at radius 3 is 2.43 bits per heavy atom. The molecule has 7 heteroatoms. The van der Waals surface area contributed by atoms with Gasteiger partial charge in [-0.25, -0.2) is 5.43 Å². The van der Waals surface area contributed by atoms with Gasteiger partial charge in [0.05, 0.1) is 6.21 Å². The lowest BCUT2D eigenvalue weighted by molar-refractivity contribution is 0.0954. The number of rotatable bonds is 3. The summed E-state index contributed by atoms with van der Waals surface area (Å²) in [5.74, 6) is -2.54. The quantitative estimate of drug-likeness (QED) is 0.396. The number of halogens is 1. The van der Waals surface area contributed by atoms with Crippen LogP contribution in [0.15, 0.2) is 41.5 Å². The second-order valence-electron chi connectivity index (χ2n) is 4.12. The molecule has 0 bridgehead atoms. The Balaban J connectivity index is 2.08. The van der Waals surface area contributed by atoms with E-state index in [1.54, 1.807) is 24.3 Å². The van der Waals surface area contributed by atoms with Gasteiger partial charge in [-0.1, -0.05) is 23.7 Å². The molecular formula is C14H11ClN2O4. The number of amides is 1. The summed E-state index contributed by atoms with van der Waals surface area (Å²) in [6, 6.07) is 8.88. The van der Waals surface area contributed by atoms with Crippen molar-refractivity contribution in [2.45, 2.75) is 0 Å². The number of phenols is 3. The highest BCUT2D eigenvalue weighted by Gasteiger charge is 2.12. The van der Waals surface area contributed by atoms with E-state index in [9.17, 15) is 20.1 Å². The smallest absolute Gasteiger partial charge is 0.271 e. The fraction of sp³-hybridized carbons (Fsp3) is 0. The highest BCUT2D eigenvalue weighted by Crippen LogP contribution is 2.35. The van der Waals surface area contributed by atoms with Gasteiger partial charge in [0.25, 0.3) is 5.91 Å². The van der Waals surface area contributed by atoms with Gasteiger partial charge in [0.2, 0.25) is 0 Å². The van der Waals surface area contributed by atoms with Gasteiger partial charge in [0, 0.05) is 10.6 Å². The summed E-state index contributed by atoms with van der Waals surface area (Å²) in [6.07, 6.45) is 1.39. The van der Waals surface area contributed by atoms with Crippen LogP contribution in [0.3, 0.4) is 0 Å². The maximum Gasteiger partial charge on any atom is 0.271 e. The number of aromatic hydroxyl groups is 3. The molecule has 108 valence electrons. The molecule has 0 aliphatic carbocycles. The predicted octanol–water partition coefficient (Wildman–Crippen LogP) is 2.22. The van der Waals surface area contributed by atoms with Gasteiger partial charge in [0.1, 0.15) is 0 Å². The second-order valence-corrected chi connectivity index (χ2v) is 4.55. The molecule has 0 atom stereocenters. The summed E-state index contributed by atoms with van der Waals surface area (Å²) in [4.78, 5) is 11.8. The molecule has 4 N–H and O–H groups in total. The summed E-state index contributed by atoms with van der Waals surface area (Å²) in [5.41, 5.74) is 2.87. The molecule has 21 heavy (non-hydrogen) atoms. The van der Waals surface area contributed by atoms with Crippen molar-refractivity contribution in [3.63, 3.8) is 0 Å². The number of nitrogens with one attached hydrogen (secondary N) is 1. The lowest BCUT2D eigenvalue weighted by atomic mass is 10.2. The first-order valence-corrected chi connectivity index (χ1v) is 6.19. The third-order valence-electron chi connectivity index (χ3n) is 2.56. The fourth-order valence-electron chi connectivity index (χ4n) is 1.55. The Bertz CT molecular complexity index is 693. The van der Waals surface area contributed by atoms with Crippen LogP contribution in [0.25, 0.3) is 0 Å². The highest BCUT2D eigenvalue weighted by molar-refractivity contribution is 6.30. The van der Waals surface area contributed by atoms with Gasteiger partial charge in [0.15, 0.2) is 17.2 Å². The van der Waals surface area contributed by atoms with Crippen LogP contribution in [-0.4, -0.2) is 27.4 Å². The van der Waals surface area contributed by atoms with Gasteiger partial charge in [-0.15, -0.1) is 0 Å². The van der Waals surface area contributed by atoms with Crippen molar-refractivity contribution in [3.8, 4) is 17.2 Å². The van der Waals surface area contributed by atoms with Crippen molar-refractivity contribution < 1.29 is 20.1 Å². The molecule has 1 amide bonds. The molecule has 0 aromatic heterocycles. The predicted molar refractivity (Wildman–Crippen MR) is 77.9 cm³/mol. The summed E-state index contributed by atoms with van der Waals surface area (Å²) in [5, 5.41) is 32.1. The van der Waals surface area contributed by atoms with Crippen LogP contribution in [0.1, 0.15) is 15.9 Å². The minimum atomic E-state index is -0.686. The first kappa shape index (κ1) is 14.7. The molecule has 0 unspecified atom stereocenters. The number of carbonyl (C=O) groups is 1. The second kappa shape index (κ2) is 6.15. The normalized spacial score (nSPS) is 10.7. The van der Waals surface area contributed by atoms with E-state index in [-0.39, 0.29) is 5.56 Å². The molecule has 2 aromatic carbocycles. The monoisotopic (exact) mass is 306 g/mol. The lowest BCUT2D eigenvalue weighted by Gasteiger charge is -2.04. The third kappa shape index (κ3) is 3.64. The van der Waals surface area contributed by atoms with E-state index in [0.717, 1.165) is 12.1 Å². The number of benzene rings is 2. The molecule has 0 aliphatic rings. The van der Waals surface area contributed by atoms with Gasteiger partial charge >= 0.3 is 0 Å². The molecule has 0 aliphatic heterocycles. The minimum absolute atomic E-state index is 0.0500. The first-order valence-electron chi connectivity index (χ1n) is 5.81. The standard InChI is InChI=1S/C14H11ClN2O4/c15-10-3-1-2-8(4-10)7-16-17-14(21)9-5-11(18)13(20)12(19)6-9/h1-7,18-20H,(H,17,21)/b16-7+. The van der Waals surface area contributed by atoms with Crippen LogP contribution < -0.4 is 5.43 Å². The summed E-state index contributed by atoms with van der Waals surface area (Å²) < 4.78 is 0. The van der Waals surface area contributed by atoms with E-state index in [0.29, 0.717) is 10.6 Å². The van der Waals surface area contributed by atoms with E-state index in [1.165, 1.54) is 6.21 Å². The molecule has 0 fully saturated rings. The molecule has 0 heterocycles. The van der Waals surface area contributed by atoms with E-state index in [2.05, 4.69) is 10.5 Å². The zero-order chi connectivity index (χ0) is 15.4. The Morgan fingerprint density at radius 2 is 1.81 bits per heavy atom. The largest absolute Gasteiger partial charge is 0.504 e. The van der Waals surface area contributed by atoms with Gasteiger partial charge < -0.3 is 15.3 Å². The molecule has 0 saturated carbocycles. The number of hydrogen-bond donors (Lipinski definition) is 4. The Kier molecular flexibility index (Phi) is 4.30. The number of hydrogen-bond acceptors (Lipinski definition) is 5. The van der Waals surface area contributed by atoms with E-state index < -0.39 is 23.2 Å². The van der Waals surface area contributed by atoms with Crippen LogP contribution >= 0.6 is 11.6 Å². The highest BCUT2D eigenvalue weighted by atomic mass is 35.5. The number of carbonyl (C=O) groups excluding carboxylic acids is 1. The maximum atomic E-state index is 11.8. The molecule has 0 saturated heterocycles. The minimum Gasteiger partial charge on any atom is -0.504 e. The van der Waals surface area contributed by atoms with Gasteiger partial charge in [-0.3, -0.25) is 4.79 Å². The molecule has 0 radical (unpaired) electrons. The molecule has 0 spiro atoms. The lowest BCUT2D eigenvalue weighted by Crippen LogP contribution is -2.17.